The van der Waals surface area contributed by atoms with Gasteiger partial charge in [0.2, 0.25) is 5.91 Å². The molecule has 0 spiro atoms. The number of nitrogens with zero attached hydrogens (tertiary/aromatic N) is 1. The molecule has 3 aromatic rings. The van der Waals surface area contributed by atoms with Crippen LogP contribution in [0.2, 0.25) is 0 Å². The standard InChI is InChI=1S/C33H43N3O2/c1-5-6-7-10-23-13-15-24(16-14-23)30(37)35-29(17-25-20-34-28-12-9-8-11-27(25)28)31(38)36-22-33(4)19-26(36)18-32(2,3)21-33/h8-9,11-16,20,26,29,34H,5-7,10,17-19,21-22H2,1-4H3,(H,35,37). The molecule has 1 saturated carbocycles. The minimum atomic E-state index is -0.614. The first kappa shape index (κ1) is 26.5. The third kappa shape index (κ3) is 5.67. The summed E-state index contributed by atoms with van der Waals surface area (Å²) in [6.07, 6.45) is 10.2. The van der Waals surface area contributed by atoms with Crippen LogP contribution in [0.3, 0.4) is 0 Å². The highest BCUT2D eigenvalue weighted by Gasteiger charge is 2.51. The molecule has 202 valence electrons. The molecule has 3 unspecified atom stereocenters. The Balaban J connectivity index is 1.37. The fourth-order valence-corrected chi connectivity index (χ4v) is 7.28. The van der Waals surface area contributed by atoms with E-state index >= 15 is 0 Å². The van der Waals surface area contributed by atoms with Crippen molar-refractivity contribution in [2.45, 2.75) is 91.1 Å². The fourth-order valence-electron chi connectivity index (χ4n) is 7.28. The average molecular weight is 514 g/mol. The molecular formula is C33H43N3O2. The molecule has 2 aromatic carbocycles. The molecule has 1 aliphatic carbocycles. The molecule has 2 aliphatic rings. The highest BCUT2D eigenvalue weighted by atomic mass is 16.2. The summed E-state index contributed by atoms with van der Waals surface area (Å²) in [4.78, 5) is 33.0. The number of hydrogen-bond donors (Lipinski definition) is 2. The van der Waals surface area contributed by atoms with Crippen molar-refractivity contribution in [2.75, 3.05) is 6.54 Å². The summed E-state index contributed by atoms with van der Waals surface area (Å²) in [6, 6.07) is 15.7. The van der Waals surface area contributed by atoms with Gasteiger partial charge in [-0.15, -0.1) is 0 Å². The summed E-state index contributed by atoms with van der Waals surface area (Å²) in [5.41, 5.74) is 4.33. The van der Waals surface area contributed by atoms with E-state index in [1.807, 2.05) is 48.7 Å². The third-order valence-electron chi connectivity index (χ3n) is 8.69. The van der Waals surface area contributed by atoms with E-state index in [1.54, 1.807) is 0 Å². The summed E-state index contributed by atoms with van der Waals surface area (Å²) in [5, 5.41) is 4.25. The molecule has 5 nitrogen and oxygen atoms in total. The number of H-pyrrole nitrogens is 1. The van der Waals surface area contributed by atoms with Crippen molar-refractivity contribution < 1.29 is 9.59 Å². The molecule has 2 amide bonds. The van der Waals surface area contributed by atoms with Gasteiger partial charge in [0, 0.05) is 41.7 Å². The molecular weight excluding hydrogens is 470 g/mol. The molecule has 2 N–H and O–H groups in total. The van der Waals surface area contributed by atoms with Gasteiger partial charge in [-0.2, -0.15) is 0 Å². The van der Waals surface area contributed by atoms with E-state index in [-0.39, 0.29) is 28.7 Å². The number of carbonyl (C=O) groups excluding carboxylic acids is 2. The van der Waals surface area contributed by atoms with Gasteiger partial charge in [0.15, 0.2) is 0 Å². The number of rotatable bonds is 9. The highest BCUT2D eigenvalue weighted by Crippen LogP contribution is 2.52. The Labute approximate surface area is 227 Å². The van der Waals surface area contributed by atoms with Crippen LogP contribution in [0, 0.1) is 10.8 Å². The van der Waals surface area contributed by atoms with Crippen molar-refractivity contribution in [3.05, 3.63) is 71.4 Å². The Morgan fingerprint density at radius 2 is 1.82 bits per heavy atom. The Bertz CT molecular complexity index is 1290. The second-order valence-electron chi connectivity index (χ2n) is 12.9. The van der Waals surface area contributed by atoms with E-state index in [1.165, 1.54) is 18.4 Å². The zero-order valence-electron chi connectivity index (χ0n) is 23.5. The first-order valence-corrected chi connectivity index (χ1v) is 14.4. The minimum absolute atomic E-state index is 0.0474. The second-order valence-corrected chi connectivity index (χ2v) is 12.9. The molecule has 2 heterocycles. The first-order chi connectivity index (χ1) is 18.2. The fraction of sp³-hybridized carbons (Fsp3) is 0.515. The zero-order valence-corrected chi connectivity index (χ0v) is 23.5. The molecule has 1 aromatic heterocycles. The van der Waals surface area contributed by atoms with Gasteiger partial charge in [-0.05, 0) is 72.3 Å². The van der Waals surface area contributed by atoms with Crippen molar-refractivity contribution in [1.29, 1.82) is 0 Å². The number of fused-ring (bicyclic) bond motifs is 3. The third-order valence-corrected chi connectivity index (χ3v) is 8.69. The molecule has 0 radical (unpaired) electrons. The zero-order chi connectivity index (χ0) is 26.9. The number of amides is 2. The van der Waals surface area contributed by atoms with Crippen LogP contribution in [0.25, 0.3) is 10.9 Å². The van der Waals surface area contributed by atoms with Gasteiger partial charge in [-0.1, -0.05) is 70.9 Å². The highest BCUT2D eigenvalue weighted by molar-refractivity contribution is 5.98. The molecule has 38 heavy (non-hydrogen) atoms. The van der Waals surface area contributed by atoms with E-state index in [0.29, 0.717) is 12.0 Å². The lowest BCUT2D eigenvalue weighted by Crippen LogP contribution is -2.51. The summed E-state index contributed by atoms with van der Waals surface area (Å²) >= 11 is 0. The lowest BCUT2D eigenvalue weighted by Gasteiger charge is -2.39. The Kier molecular flexibility index (Phi) is 7.39. The Morgan fingerprint density at radius 1 is 1.05 bits per heavy atom. The van der Waals surface area contributed by atoms with Gasteiger partial charge in [-0.25, -0.2) is 0 Å². The minimum Gasteiger partial charge on any atom is -0.361 e. The van der Waals surface area contributed by atoms with Crippen molar-refractivity contribution in [1.82, 2.24) is 15.2 Å². The van der Waals surface area contributed by atoms with E-state index < -0.39 is 6.04 Å². The van der Waals surface area contributed by atoms with E-state index in [9.17, 15) is 9.59 Å². The maximum atomic E-state index is 14.2. The average Bonchev–Trinajstić information content (AvgIpc) is 3.40. The van der Waals surface area contributed by atoms with Crippen molar-refractivity contribution in [3.63, 3.8) is 0 Å². The number of unbranched alkanes of at least 4 members (excludes halogenated alkanes) is 2. The van der Waals surface area contributed by atoms with Gasteiger partial charge in [0.05, 0.1) is 0 Å². The van der Waals surface area contributed by atoms with Crippen LogP contribution in [0.4, 0.5) is 0 Å². The van der Waals surface area contributed by atoms with Gasteiger partial charge < -0.3 is 15.2 Å². The maximum absolute atomic E-state index is 14.2. The van der Waals surface area contributed by atoms with E-state index in [2.05, 4.69) is 49.0 Å². The summed E-state index contributed by atoms with van der Waals surface area (Å²) in [5.74, 6) is -0.136. The normalized spacial score (nSPS) is 22.9. The molecule has 2 bridgehead atoms. The largest absolute Gasteiger partial charge is 0.361 e. The van der Waals surface area contributed by atoms with Crippen LogP contribution in [0.5, 0.6) is 0 Å². The van der Waals surface area contributed by atoms with Crippen LogP contribution >= 0.6 is 0 Å². The van der Waals surface area contributed by atoms with Gasteiger partial charge in [0.1, 0.15) is 6.04 Å². The summed E-state index contributed by atoms with van der Waals surface area (Å²) < 4.78 is 0. The number of carbonyl (C=O) groups is 2. The Hall–Kier alpha value is -3.08. The molecule has 2 fully saturated rings. The number of para-hydroxylation sites is 1. The smallest absolute Gasteiger partial charge is 0.251 e. The quantitative estimate of drug-likeness (QED) is 0.314. The number of aryl methyl sites for hydroxylation is 1. The Morgan fingerprint density at radius 3 is 2.58 bits per heavy atom. The summed E-state index contributed by atoms with van der Waals surface area (Å²) in [7, 11) is 0. The van der Waals surface area contributed by atoms with Gasteiger partial charge in [-0.3, -0.25) is 9.59 Å². The number of aromatic amines is 1. The monoisotopic (exact) mass is 513 g/mol. The van der Waals surface area contributed by atoms with Crippen LogP contribution in [0.1, 0.15) is 87.7 Å². The lowest BCUT2D eigenvalue weighted by atomic mass is 9.65. The number of nitrogens with one attached hydrogen (secondary N) is 2. The molecule has 3 atom stereocenters. The van der Waals surface area contributed by atoms with Crippen LogP contribution in [0.15, 0.2) is 54.7 Å². The van der Waals surface area contributed by atoms with E-state index in [0.717, 1.165) is 55.1 Å². The van der Waals surface area contributed by atoms with Crippen molar-refractivity contribution >= 4 is 22.7 Å². The predicted octanol–water partition coefficient (Wildman–Crippen LogP) is 6.67. The SMILES string of the molecule is CCCCCc1ccc(C(=O)NC(Cc2c[nH]c3ccccc23)C(=O)N2CC3(C)CC2CC(C)(C)C3)cc1. The lowest BCUT2D eigenvalue weighted by molar-refractivity contribution is -0.134. The first-order valence-electron chi connectivity index (χ1n) is 14.4. The van der Waals surface area contributed by atoms with E-state index in [4.69, 9.17) is 0 Å². The molecule has 1 saturated heterocycles. The van der Waals surface area contributed by atoms with Crippen LogP contribution < -0.4 is 5.32 Å². The van der Waals surface area contributed by atoms with Crippen LogP contribution in [-0.2, 0) is 17.6 Å². The topological polar surface area (TPSA) is 65.2 Å². The molecule has 1 aliphatic heterocycles. The number of benzene rings is 2. The molecule has 5 rings (SSSR count). The number of likely N-dealkylation sites (tertiary alicyclic amines) is 1. The van der Waals surface area contributed by atoms with Crippen LogP contribution in [-0.4, -0.2) is 40.3 Å². The number of aromatic nitrogens is 1. The van der Waals surface area contributed by atoms with Crippen molar-refractivity contribution in [3.8, 4) is 0 Å². The number of hydrogen-bond acceptors (Lipinski definition) is 2. The van der Waals surface area contributed by atoms with Crippen molar-refractivity contribution in [2.24, 2.45) is 10.8 Å². The maximum Gasteiger partial charge on any atom is 0.251 e. The predicted molar refractivity (Wildman–Crippen MR) is 154 cm³/mol. The molecule has 5 heteroatoms. The van der Waals surface area contributed by atoms with Gasteiger partial charge >= 0.3 is 0 Å². The summed E-state index contributed by atoms with van der Waals surface area (Å²) in [6.45, 7) is 9.94. The van der Waals surface area contributed by atoms with Gasteiger partial charge in [0.25, 0.3) is 5.91 Å². The second kappa shape index (κ2) is 10.6.